The molecule has 0 saturated heterocycles. The maximum Gasteiger partial charge on any atom is 0.0568 e. The maximum absolute atomic E-state index is 10.4. The van der Waals surface area contributed by atoms with E-state index < -0.39 is 0 Å². The van der Waals surface area contributed by atoms with Crippen molar-refractivity contribution < 1.29 is 5.11 Å². The Morgan fingerprint density at radius 3 is 2.41 bits per heavy atom. The van der Waals surface area contributed by atoms with Crippen molar-refractivity contribution in [2.75, 3.05) is 13.6 Å². The zero-order valence-electron chi connectivity index (χ0n) is 14.6. The second-order valence-corrected chi connectivity index (χ2v) is 8.54. The molecule has 128 valence electrons. The zero-order valence-corrected chi connectivity index (χ0v) is 14.6. The van der Waals surface area contributed by atoms with Gasteiger partial charge in [0.05, 0.1) is 6.10 Å². The molecule has 6 atom stereocenters. The Hall–Kier alpha value is -0.0800. The van der Waals surface area contributed by atoms with Crippen LogP contribution >= 0.6 is 0 Å². The van der Waals surface area contributed by atoms with Gasteiger partial charge >= 0.3 is 0 Å². The normalized spacial score (nSPS) is 40.9. The minimum Gasteiger partial charge on any atom is -0.393 e. The van der Waals surface area contributed by atoms with Crippen LogP contribution in [0.4, 0.5) is 0 Å². The number of hydrogen-bond acceptors (Lipinski definition) is 2. The van der Waals surface area contributed by atoms with Crippen molar-refractivity contribution in [1.29, 1.82) is 0 Å². The van der Waals surface area contributed by atoms with Crippen LogP contribution in [0.3, 0.4) is 0 Å². The molecule has 0 bridgehead atoms. The summed E-state index contributed by atoms with van der Waals surface area (Å²) in [6, 6.07) is 0. The van der Waals surface area contributed by atoms with Gasteiger partial charge in [-0.05, 0) is 81.7 Å². The molecule has 3 aliphatic rings. The monoisotopic (exact) mass is 307 g/mol. The molecule has 3 fully saturated rings. The SMILES string of the molecule is CNCC(CC1CCCCC1O)[C@@H]1CCC2CCCCC2C1. The van der Waals surface area contributed by atoms with E-state index >= 15 is 0 Å². The van der Waals surface area contributed by atoms with Crippen LogP contribution < -0.4 is 5.32 Å². The summed E-state index contributed by atoms with van der Waals surface area (Å²) in [7, 11) is 2.11. The van der Waals surface area contributed by atoms with Gasteiger partial charge in [0.15, 0.2) is 0 Å². The van der Waals surface area contributed by atoms with Crippen molar-refractivity contribution in [3.05, 3.63) is 0 Å². The van der Waals surface area contributed by atoms with Gasteiger partial charge in [-0.2, -0.15) is 0 Å². The van der Waals surface area contributed by atoms with Crippen LogP contribution in [0.15, 0.2) is 0 Å². The summed E-state index contributed by atoms with van der Waals surface area (Å²) in [4.78, 5) is 0. The number of fused-ring (bicyclic) bond motifs is 1. The van der Waals surface area contributed by atoms with Crippen molar-refractivity contribution in [3.8, 4) is 0 Å². The molecule has 3 saturated carbocycles. The molecule has 0 amide bonds. The van der Waals surface area contributed by atoms with Crippen LogP contribution in [0.5, 0.6) is 0 Å². The van der Waals surface area contributed by atoms with E-state index in [0.29, 0.717) is 5.92 Å². The molecular formula is C20H37NO. The molecule has 2 nitrogen and oxygen atoms in total. The molecule has 0 heterocycles. The number of rotatable bonds is 5. The second kappa shape index (κ2) is 8.15. The molecule has 3 aliphatic carbocycles. The van der Waals surface area contributed by atoms with Crippen LogP contribution in [0.25, 0.3) is 0 Å². The fourth-order valence-corrected chi connectivity index (χ4v) is 5.89. The smallest absolute Gasteiger partial charge is 0.0568 e. The summed E-state index contributed by atoms with van der Waals surface area (Å²) >= 11 is 0. The highest BCUT2D eigenvalue weighted by molar-refractivity contribution is 4.88. The fourth-order valence-electron chi connectivity index (χ4n) is 5.89. The highest BCUT2D eigenvalue weighted by Gasteiger charge is 2.36. The highest BCUT2D eigenvalue weighted by Crippen LogP contribution is 2.46. The van der Waals surface area contributed by atoms with E-state index in [4.69, 9.17) is 0 Å². The van der Waals surface area contributed by atoms with Gasteiger partial charge in [0.1, 0.15) is 0 Å². The largest absolute Gasteiger partial charge is 0.393 e. The van der Waals surface area contributed by atoms with Gasteiger partial charge < -0.3 is 10.4 Å². The lowest BCUT2D eigenvalue weighted by atomic mass is 9.63. The fraction of sp³-hybridized carbons (Fsp3) is 1.00. The molecule has 22 heavy (non-hydrogen) atoms. The van der Waals surface area contributed by atoms with Gasteiger partial charge in [-0.25, -0.2) is 0 Å². The van der Waals surface area contributed by atoms with Crippen LogP contribution in [-0.4, -0.2) is 24.8 Å². The van der Waals surface area contributed by atoms with Crippen molar-refractivity contribution in [1.82, 2.24) is 5.32 Å². The van der Waals surface area contributed by atoms with Crippen molar-refractivity contribution >= 4 is 0 Å². The molecule has 0 aliphatic heterocycles. The third-order valence-electron chi connectivity index (χ3n) is 7.19. The Morgan fingerprint density at radius 1 is 0.909 bits per heavy atom. The Labute approximate surface area is 137 Å². The number of hydrogen-bond donors (Lipinski definition) is 2. The van der Waals surface area contributed by atoms with E-state index in [9.17, 15) is 5.11 Å². The molecule has 0 aromatic heterocycles. The van der Waals surface area contributed by atoms with Gasteiger partial charge in [-0.3, -0.25) is 0 Å². The minimum absolute atomic E-state index is 0.0147. The zero-order chi connectivity index (χ0) is 15.4. The third kappa shape index (κ3) is 4.06. The Morgan fingerprint density at radius 2 is 1.64 bits per heavy atom. The third-order valence-corrected chi connectivity index (χ3v) is 7.19. The topological polar surface area (TPSA) is 32.3 Å². The molecular weight excluding hydrogens is 270 g/mol. The molecule has 0 aromatic rings. The van der Waals surface area contributed by atoms with E-state index in [-0.39, 0.29) is 6.10 Å². The minimum atomic E-state index is -0.0147. The van der Waals surface area contributed by atoms with E-state index in [0.717, 1.165) is 36.6 Å². The predicted molar refractivity (Wildman–Crippen MR) is 92.8 cm³/mol. The van der Waals surface area contributed by atoms with E-state index in [1.807, 2.05) is 0 Å². The van der Waals surface area contributed by atoms with E-state index in [1.54, 1.807) is 0 Å². The lowest BCUT2D eigenvalue weighted by Gasteiger charge is -2.43. The number of aliphatic hydroxyl groups excluding tert-OH is 1. The Kier molecular flexibility index (Phi) is 6.21. The summed E-state index contributed by atoms with van der Waals surface area (Å²) in [6.07, 6.45) is 16.5. The molecule has 3 rings (SSSR count). The van der Waals surface area contributed by atoms with Crippen LogP contribution in [0.1, 0.15) is 77.0 Å². The first kappa shape index (κ1) is 16.8. The first-order valence-corrected chi connectivity index (χ1v) is 10.1. The van der Waals surface area contributed by atoms with Crippen LogP contribution in [0, 0.1) is 29.6 Å². The first-order chi connectivity index (χ1) is 10.8. The van der Waals surface area contributed by atoms with Crippen LogP contribution in [-0.2, 0) is 0 Å². The van der Waals surface area contributed by atoms with Crippen LogP contribution in [0.2, 0.25) is 0 Å². The van der Waals surface area contributed by atoms with Gasteiger partial charge in [-0.15, -0.1) is 0 Å². The van der Waals surface area contributed by atoms with Gasteiger partial charge in [0.25, 0.3) is 0 Å². The number of nitrogens with one attached hydrogen (secondary N) is 1. The summed E-state index contributed by atoms with van der Waals surface area (Å²) < 4.78 is 0. The molecule has 2 heteroatoms. The lowest BCUT2D eigenvalue weighted by molar-refractivity contribution is 0.0356. The first-order valence-electron chi connectivity index (χ1n) is 10.1. The quantitative estimate of drug-likeness (QED) is 0.790. The second-order valence-electron chi connectivity index (χ2n) is 8.54. The lowest BCUT2D eigenvalue weighted by Crippen LogP contribution is -2.37. The summed E-state index contributed by atoms with van der Waals surface area (Å²) in [6.45, 7) is 1.16. The molecule has 0 radical (unpaired) electrons. The van der Waals surface area contributed by atoms with Gasteiger partial charge in [0.2, 0.25) is 0 Å². The summed E-state index contributed by atoms with van der Waals surface area (Å²) in [5, 5.41) is 13.8. The Balaban J connectivity index is 1.58. The van der Waals surface area contributed by atoms with Crippen molar-refractivity contribution in [2.24, 2.45) is 29.6 Å². The van der Waals surface area contributed by atoms with E-state index in [2.05, 4.69) is 12.4 Å². The van der Waals surface area contributed by atoms with E-state index in [1.165, 1.54) is 70.6 Å². The Bertz CT molecular complexity index is 332. The van der Waals surface area contributed by atoms with Gasteiger partial charge in [-0.1, -0.05) is 38.5 Å². The van der Waals surface area contributed by atoms with Crippen molar-refractivity contribution in [3.63, 3.8) is 0 Å². The molecule has 5 unspecified atom stereocenters. The molecule has 0 aromatic carbocycles. The molecule has 2 N–H and O–H groups in total. The average Bonchev–Trinajstić information content (AvgIpc) is 2.56. The highest BCUT2D eigenvalue weighted by atomic mass is 16.3. The van der Waals surface area contributed by atoms with Crippen molar-refractivity contribution in [2.45, 2.75) is 83.2 Å². The summed E-state index contributed by atoms with van der Waals surface area (Å²) in [5.74, 6) is 4.38. The summed E-state index contributed by atoms with van der Waals surface area (Å²) in [5.41, 5.74) is 0. The predicted octanol–water partition coefficient (Wildman–Crippen LogP) is 4.37. The van der Waals surface area contributed by atoms with Gasteiger partial charge in [0, 0.05) is 0 Å². The molecule has 0 spiro atoms. The number of aliphatic hydroxyl groups is 1. The average molecular weight is 308 g/mol. The standard InChI is InChI=1S/C20H37NO/c1-21-14-19(13-18-8-4-5-9-20(18)22)17-11-10-15-6-2-3-7-16(15)12-17/h15-22H,2-14H2,1H3/t15?,16?,17-,18?,19?,20?/m1/s1. The maximum atomic E-state index is 10.4.